The predicted octanol–water partition coefficient (Wildman–Crippen LogP) is 2.87. The van der Waals surface area contributed by atoms with Crippen LogP contribution in [0.4, 0.5) is 0 Å². The van der Waals surface area contributed by atoms with Crippen LogP contribution < -0.4 is 5.32 Å². The lowest BCUT2D eigenvalue weighted by molar-refractivity contribution is -0.152. The molecule has 2 heterocycles. The van der Waals surface area contributed by atoms with E-state index in [2.05, 4.69) is 5.32 Å². The molecule has 1 N–H and O–H groups in total. The van der Waals surface area contributed by atoms with Crippen LogP contribution in [0.3, 0.4) is 0 Å². The Kier molecular flexibility index (Phi) is 6.47. The highest BCUT2D eigenvalue weighted by molar-refractivity contribution is 7.12. The number of carbonyl (C=O) groups is 3. The number of rotatable bonds is 6. The van der Waals surface area contributed by atoms with E-state index >= 15 is 0 Å². The lowest BCUT2D eigenvalue weighted by Crippen LogP contribution is -2.42. The zero-order valence-electron chi connectivity index (χ0n) is 14.5. The average Bonchev–Trinajstić information content (AvgIpc) is 3.37. The molecule has 1 aromatic heterocycles. The van der Waals surface area contributed by atoms with Gasteiger partial charge in [0.05, 0.1) is 4.88 Å². The van der Waals surface area contributed by atoms with E-state index in [1.807, 2.05) is 5.38 Å². The number of hydrogen-bond acceptors (Lipinski definition) is 5. The van der Waals surface area contributed by atoms with Crippen LogP contribution in [0.25, 0.3) is 0 Å². The number of nitrogens with zero attached hydrogens (tertiary/aromatic N) is 1. The highest BCUT2D eigenvalue weighted by Gasteiger charge is 2.36. The summed E-state index contributed by atoms with van der Waals surface area (Å²) < 4.78 is 5.13. The number of nitrogens with one attached hydrogen (secondary N) is 1. The van der Waals surface area contributed by atoms with E-state index in [1.165, 1.54) is 16.2 Å². The first-order valence-electron chi connectivity index (χ1n) is 8.57. The molecule has 0 aliphatic carbocycles. The lowest BCUT2D eigenvalue weighted by Gasteiger charge is -2.22. The summed E-state index contributed by atoms with van der Waals surface area (Å²) >= 11 is 7.16. The summed E-state index contributed by atoms with van der Waals surface area (Å²) in [7, 11) is 0. The maximum atomic E-state index is 12.5. The SMILES string of the molecule is O=C(COC(=O)[C@@H]1CCCN1C(=O)c1cccs1)NCc1ccc(Cl)cc1. The molecule has 8 heteroatoms. The van der Waals surface area contributed by atoms with E-state index in [0.717, 1.165) is 12.0 Å². The van der Waals surface area contributed by atoms with Crippen molar-refractivity contribution < 1.29 is 19.1 Å². The van der Waals surface area contributed by atoms with Gasteiger partial charge in [-0.15, -0.1) is 11.3 Å². The second-order valence-corrected chi connectivity index (χ2v) is 7.53. The minimum Gasteiger partial charge on any atom is -0.454 e. The Morgan fingerprint density at radius 3 is 2.70 bits per heavy atom. The third-order valence-electron chi connectivity index (χ3n) is 4.27. The topological polar surface area (TPSA) is 75.7 Å². The second-order valence-electron chi connectivity index (χ2n) is 6.14. The molecule has 1 saturated heterocycles. The standard InChI is InChI=1S/C19H19ClN2O4S/c20-14-7-5-13(6-8-14)11-21-17(23)12-26-19(25)15-3-1-9-22(15)18(24)16-4-2-10-27-16/h2,4-8,10,15H,1,3,9,11-12H2,(H,21,23)/t15-/m0/s1. The molecule has 1 fully saturated rings. The van der Waals surface area contributed by atoms with Crippen LogP contribution in [0, 0.1) is 0 Å². The van der Waals surface area contributed by atoms with Crippen molar-refractivity contribution in [3.05, 3.63) is 57.2 Å². The third-order valence-corrected chi connectivity index (χ3v) is 5.38. The molecule has 142 valence electrons. The Bertz CT molecular complexity index is 808. The molecule has 0 bridgehead atoms. The summed E-state index contributed by atoms with van der Waals surface area (Å²) in [6.45, 7) is 0.461. The van der Waals surface area contributed by atoms with Gasteiger partial charge >= 0.3 is 5.97 Å². The van der Waals surface area contributed by atoms with Gasteiger partial charge in [0.1, 0.15) is 6.04 Å². The first-order chi connectivity index (χ1) is 13.0. The quantitative estimate of drug-likeness (QED) is 0.748. The number of hydrogen-bond donors (Lipinski definition) is 1. The first-order valence-corrected chi connectivity index (χ1v) is 9.82. The summed E-state index contributed by atoms with van der Waals surface area (Å²) in [5.41, 5.74) is 0.891. The minimum atomic E-state index is -0.635. The fraction of sp³-hybridized carbons (Fsp3) is 0.316. The monoisotopic (exact) mass is 406 g/mol. The van der Waals surface area contributed by atoms with Gasteiger partial charge in [-0.3, -0.25) is 9.59 Å². The van der Waals surface area contributed by atoms with Crippen LogP contribution in [-0.4, -0.2) is 41.9 Å². The van der Waals surface area contributed by atoms with Gasteiger partial charge in [-0.2, -0.15) is 0 Å². The Hall–Kier alpha value is -2.38. The van der Waals surface area contributed by atoms with Gasteiger partial charge in [0.25, 0.3) is 11.8 Å². The number of thiophene rings is 1. The minimum absolute atomic E-state index is 0.170. The average molecular weight is 407 g/mol. The van der Waals surface area contributed by atoms with Crippen molar-refractivity contribution in [2.45, 2.75) is 25.4 Å². The number of likely N-dealkylation sites (tertiary alicyclic amines) is 1. The van der Waals surface area contributed by atoms with Gasteiger partial charge in [-0.25, -0.2) is 4.79 Å². The molecule has 27 heavy (non-hydrogen) atoms. The zero-order chi connectivity index (χ0) is 19.2. The first kappa shape index (κ1) is 19.4. The molecule has 1 aromatic carbocycles. The summed E-state index contributed by atoms with van der Waals surface area (Å²) in [6, 6.07) is 9.99. The molecule has 0 unspecified atom stereocenters. The van der Waals surface area contributed by atoms with Crippen LogP contribution in [0.2, 0.25) is 5.02 Å². The van der Waals surface area contributed by atoms with E-state index in [4.69, 9.17) is 16.3 Å². The summed E-state index contributed by atoms with van der Waals surface area (Å²) in [4.78, 5) is 38.9. The van der Waals surface area contributed by atoms with E-state index in [-0.39, 0.29) is 12.5 Å². The Labute approximate surface area is 166 Å². The molecule has 0 spiro atoms. The van der Waals surface area contributed by atoms with Crippen molar-refractivity contribution in [2.24, 2.45) is 0 Å². The highest BCUT2D eigenvalue weighted by atomic mass is 35.5. The molecular formula is C19H19ClN2O4S. The summed E-state index contributed by atoms with van der Waals surface area (Å²) in [5.74, 6) is -1.11. The van der Waals surface area contributed by atoms with Crippen molar-refractivity contribution in [1.29, 1.82) is 0 Å². The molecule has 3 rings (SSSR count). The molecule has 1 aliphatic rings. The van der Waals surface area contributed by atoms with Gasteiger partial charge in [0.2, 0.25) is 0 Å². The Balaban J connectivity index is 1.47. The zero-order valence-corrected chi connectivity index (χ0v) is 16.1. The van der Waals surface area contributed by atoms with Crippen molar-refractivity contribution in [3.63, 3.8) is 0 Å². The lowest BCUT2D eigenvalue weighted by atomic mass is 10.2. The number of amides is 2. The number of carbonyl (C=O) groups excluding carboxylic acids is 3. The van der Waals surface area contributed by atoms with Crippen LogP contribution in [0.5, 0.6) is 0 Å². The number of esters is 1. The Morgan fingerprint density at radius 1 is 1.22 bits per heavy atom. The van der Waals surface area contributed by atoms with Crippen molar-refractivity contribution in [2.75, 3.05) is 13.2 Å². The van der Waals surface area contributed by atoms with Crippen molar-refractivity contribution in [3.8, 4) is 0 Å². The predicted molar refractivity (Wildman–Crippen MR) is 103 cm³/mol. The highest BCUT2D eigenvalue weighted by Crippen LogP contribution is 2.23. The van der Waals surface area contributed by atoms with E-state index in [9.17, 15) is 14.4 Å². The smallest absolute Gasteiger partial charge is 0.329 e. The number of benzene rings is 1. The van der Waals surface area contributed by atoms with Gasteiger partial charge in [0, 0.05) is 18.1 Å². The van der Waals surface area contributed by atoms with Gasteiger partial charge in [-0.05, 0) is 42.0 Å². The maximum absolute atomic E-state index is 12.5. The largest absolute Gasteiger partial charge is 0.454 e. The van der Waals surface area contributed by atoms with Crippen LogP contribution >= 0.6 is 22.9 Å². The van der Waals surface area contributed by atoms with Crippen LogP contribution in [0.15, 0.2) is 41.8 Å². The Morgan fingerprint density at radius 2 is 2.00 bits per heavy atom. The second kappa shape index (κ2) is 9.01. The fourth-order valence-electron chi connectivity index (χ4n) is 2.88. The third kappa shape index (κ3) is 5.08. The van der Waals surface area contributed by atoms with Crippen molar-refractivity contribution in [1.82, 2.24) is 10.2 Å². The molecule has 1 atom stereocenters. The van der Waals surface area contributed by atoms with Crippen LogP contribution in [-0.2, 0) is 20.9 Å². The van der Waals surface area contributed by atoms with Crippen LogP contribution in [0.1, 0.15) is 28.1 Å². The van der Waals surface area contributed by atoms with E-state index in [1.54, 1.807) is 36.4 Å². The van der Waals surface area contributed by atoms with Gasteiger partial charge in [0.15, 0.2) is 6.61 Å². The fourth-order valence-corrected chi connectivity index (χ4v) is 3.69. The molecule has 1 aliphatic heterocycles. The maximum Gasteiger partial charge on any atom is 0.329 e. The number of halogens is 1. The normalized spacial score (nSPS) is 16.2. The number of ether oxygens (including phenoxy) is 1. The van der Waals surface area contributed by atoms with E-state index in [0.29, 0.717) is 29.4 Å². The summed E-state index contributed by atoms with van der Waals surface area (Å²) in [6.07, 6.45) is 1.28. The molecular weight excluding hydrogens is 388 g/mol. The summed E-state index contributed by atoms with van der Waals surface area (Å²) in [5, 5.41) is 5.13. The van der Waals surface area contributed by atoms with Gasteiger partial charge in [-0.1, -0.05) is 29.8 Å². The molecule has 0 saturated carbocycles. The van der Waals surface area contributed by atoms with E-state index < -0.39 is 17.9 Å². The molecule has 6 nitrogen and oxygen atoms in total. The van der Waals surface area contributed by atoms with Gasteiger partial charge < -0.3 is 15.0 Å². The molecule has 2 amide bonds. The van der Waals surface area contributed by atoms with Crippen molar-refractivity contribution >= 4 is 40.7 Å². The molecule has 2 aromatic rings. The molecule has 0 radical (unpaired) electrons.